The number of amides is 1. The first-order valence-electron chi connectivity index (χ1n) is 6.13. The third-order valence-electron chi connectivity index (χ3n) is 3.01. The number of carbonyl (C=O) groups excluding carboxylic acids is 1. The molecule has 0 bridgehead atoms. The number of aliphatic hydroxyl groups is 1. The van der Waals surface area contributed by atoms with Gasteiger partial charge in [0, 0.05) is 18.5 Å². The van der Waals surface area contributed by atoms with Gasteiger partial charge in [-0.25, -0.2) is 13.2 Å². The van der Waals surface area contributed by atoms with Gasteiger partial charge in [0.1, 0.15) is 5.25 Å². The highest BCUT2D eigenvalue weighted by molar-refractivity contribution is 7.92. The molecule has 0 radical (unpaired) electrons. The SMILES string of the molecule is CC(C(=O)N(CCO)c1ccc(C(=O)O)cc1)S(C)(=O)=O. The molecule has 0 aliphatic rings. The molecule has 0 aliphatic heterocycles. The maximum atomic E-state index is 12.2. The van der Waals surface area contributed by atoms with Gasteiger partial charge in [0.25, 0.3) is 0 Å². The normalized spacial score (nSPS) is 12.7. The Balaban J connectivity index is 3.12. The molecule has 0 heterocycles. The van der Waals surface area contributed by atoms with E-state index in [1.54, 1.807) is 0 Å². The summed E-state index contributed by atoms with van der Waals surface area (Å²) in [7, 11) is -3.56. The molecule has 8 heteroatoms. The number of sulfone groups is 1. The lowest BCUT2D eigenvalue weighted by Gasteiger charge is -2.24. The zero-order valence-corrected chi connectivity index (χ0v) is 12.5. The van der Waals surface area contributed by atoms with Gasteiger partial charge in [-0.15, -0.1) is 0 Å². The Morgan fingerprint density at radius 3 is 2.14 bits per heavy atom. The molecule has 1 aromatic carbocycles. The van der Waals surface area contributed by atoms with Crippen molar-refractivity contribution >= 4 is 27.4 Å². The smallest absolute Gasteiger partial charge is 0.335 e. The van der Waals surface area contributed by atoms with Crippen LogP contribution in [0.25, 0.3) is 0 Å². The summed E-state index contributed by atoms with van der Waals surface area (Å²) >= 11 is 0. The molecule has 1 aromatic rings. The number of hydrogen-bond acceptors (Lipinski definition) is 5. The van der Waals surface area contributed by atoms with Crippen LogP contribution >= 0.6 is 0 Å². The van der Waals surface area contributed by atoms with Crippen LogP contribution in [0.3, 0.4) is 0 Å². The van der Waals surface area contributed by atoms with Crippen molar-refractivity contribution in [1.29, 1.82) is 0 Å². The average molecular weight is 315 g/mol. The van der Waals surface area contributed by atoms with Crippen molar-refractivity contribution in [3.63, 3.8) is 0 Å². The maximum Gasteiger partial charge on any atom is 0.335 e. The number of benzene rings is 1. The summed E-state index contributed by atoms with van der Waals surface area (Å²) in [4.78, 5) is 24.1. The van der Waals surface area contributed by atoms with Crippen molar-refractivity contribution in [2.45, 2.75) is 12.2 Å². The fourth-order valence-corrected chi connectivity index (χ4v) is 2.15. The van der Waals surface area contributed by atoms with E-state index in [4.69, 9.17) is 10.2 Å². The molecule has 1 atom stereocenters. The van der Waals surface area contributed by atoms with E-state index >= 15 is 0 Å². The van der Waals surface area contributed by atoms with Crippen molar-refractivity contribution in [2.24, 2.45) is 0 Å². The molecule has 116 valence electrons. The second-order valence-electron chi connectivity index (χ2n) is 4.54. The van der Waals surface area contributed by atoms with E-state index in [9.17, 15) is 18.0 Å². The summed E-state index contributed by atoms with van der Waals surface area (Å²) in [5, 5.41) is 16.6. The summed E-state index contributed by atoms with van der Waals surface area (Å²) < 4.78 is 22.9. The van der Waals surface area contributed by atoms with Crippen LogP contribution in [0.2, 0.25) is 0 Å². The Hall–Kier alpha value is -1.93. The van der Waals surface area contributed by atoms with Crippen molar-refractivity contribution in [3.8, 4) is 0 Å². The first kappa shape index (κ1) is 17.1. The number of anilines is 1. The van der Waals surface area contributed by atoms with Gasteiger partial charge in [0.05, 0.1) is 12.2 Å². The predicted molar refractivity (Wildman–Crippen MR) is 77.1 cm³/mol. The van der Waals surface area contributed by atoms with E-state index in [0.717, 1.165) is 11.2 Å². The van der Waals surface area contributed by atoms with Crippen LogP contribution in [0, 0.1) is 0 Å². The Morgan fingerprint density at radius 2 is 1.76 bits per heavy atom. The minimum atomic E-state index is -3.56. The Morgan fingerprint density at radius 1 is 1.24 bits per heavy atom. The summed E-state index contributed by atoms with van der Waals surface area (Å²) in [5.74, 6) is -1.78. The third kappa shape index (κ3) is 4.27. The molecule has 0 spiro atoms. The summed E-state index contributed by atoms with van der Waals surface area (Å²) in [6.45, 7) is 0.849. The first-order chi connectivity index (χ1) is 9.68. The molecule has 2 N–H and O–H groups in total. The third-order valence-corrected chi connectivity index (χ3v) is 4.49. The van der Waals surface area contributed by atoms with E-state index in [-0.39, 0.29) is 18.7 Å². The Kier molecular flexibility index (Phi) is 5.45. The lowest BCUT2D eigenvalue weighted by molar-refractivity contribution is -0.118. The predicted octanol–water partition coefficient (Wildman–Crippen LogP) is 0.143. The number of carbonyl (C=O) groups is 2. The molecule has 0 saturated carbocycles. The van der Waals surface area contributed by atoms with E-state index in [1.165, 1.54) is 31.2 Å². The monoisotopic (exact) mass is 315 g/mol. The van der Waals surface area contributed by atoms with Crippen LogP contribution in [0.5, 0.6) is 0 Å². The fourth-order valence-electron chi connectivity index (χ4n) is 1.65. The van der Waals surface area contributed by atoms with Gasteiger partial charge in [-0.3, -0.25) is 4.79 Å². The minimum absolute atomic E-state index is 0.0475. The van der Waals surface area contributed by atoms with Crippen molar-refractivity contribution < 1.29 is 28.2 Å². The topological polar surface area (TPSA) is 112 Å². The molecule has 1 unspecified atom stereocenters. The van der Waals surface area contributed by atoms with Gasteiger partial charge >= 0.3 is 5.97 Å². The zero-order chi connectivity index (χ0) is 16.2. The second-order valence-corrected chi connectivity index (χ2v) is 6.90. The molecular weight excluding hydrogens is 298 g/mol. The van der Waals surface area contributed by atoms with Crippen LogP contribution in [0.15, 0.2) is 24.3 Å². The molecule has 21 heavy (non-hydrogen) atoms. The number of nitrogens with zero attached hydrogens (tertiary/aromatic N) is 1. The Bertz CT molecular complexity index is 623. The number of carboxylic acid groups (broad SMARTS) is 1. The lowest BCUT2D eigenvalue weighted by atomic mass is 10.2. The number of hydrogen-bond donors (Lipinski definition) is 2. The van der Waals surface area contributed by atoms with Crippen LogP contribution in [-0.4, -0.2) is 55.2 Å². The quantitative estimate of drug-likeness (QED) is 0.772. The second kappa shape index (κ2) is 6.68. The highest BCUT2D eigenvalue weighted by atomic mass is 32.2. The van der Waals surface area contributed by atoms with Crippen LogP contribution in [-0.2, 0) is 14.6 Å². The van der Waals surface area contributed by atoms with Crippen LogP contribution < -0.4 is 4.90 Å². The number of aromatic carboxylic acids is 1. The summed E-state index contributed by atoms with van der Waals surface area (Å²) in [6, 6.07) is 5.40. The van der Waals surface area contributed by atoms with Crippen LogP contribution in [0.4, 0.5) is 5.69 Å². The highest BCUT2D eigenvalue weighted by Crippen LogP contribution is 2.18. The minimum Gasteiger partial charge on any atom is -0.478 e. The standard InChI is InChI=1S/C13H17NO6S/c1-9(21(2,19)20)12(16)14(7-8-15)11-5-3-10(4-6-11)13(17)18/h3-6,9,15H,7-8H2,1-2H3,(H,17,18). The fraction of sp³-hybridized carbons (Fsp3) is 0.385. The number of rotatable bonds is 6. The van der Waals surface area contributed by atoms with Gasteiger partial charge in [-0.1, -0.05) is 0 Å². The molecule has 1 amide bonds. The molecule has 0 saturated heterocycles. The van der Waals surface area contributed by atoms with Gasteiger partial charge in [-0.05, 0) is 31.2 Å². The van der Waals surface area contributed by atoms with Crippen molar-refractivity contribution in [3.05, 3.63) is 29.8 Å². The van der Waals surface area contributed by atoms with Gasteiger partial charge in [0.2, 0.25) is 5.91 Å². The summed E-state index contributed by atoms with van der Waals surface area (Å²) in [5.41, 5.74) is 0.376. The first-order valence-corrected chi connectivity index (χ1v) is 8.08. The average Bonchev–Trinajstić information content (AvgIpc) is 2.42. The zero-order valence-electron chi connectivity index (χ0n) is 11.7. The van der Waals surface area contributed by atoms with Gasteiger partial charge in [-0.2, -0.15) is 0 Å². The largest absolute Gasteiger partial charge is 0.478 e. The lowest BCUT2D eigenvalue weighted by Crippen LogP contribution is -2.42. The number of aliphatic hydroxyl groups excluding tert-OH is 1. The molecule has 0 aromatic heterocycles. The van der Waals surface area contributed by atoms with Gasteiger partial charge < -0.3 is 15.1 Å². The molecular formula is C13H17NO6S. The van der Waals surface area contributed by atoms with Crippen LogP contribution in [0.1, 0.15) is 17.3 Å². The molecule has 0 fully saturated rings. The number of carboxylic acids is 1. The van der Waals surface area contributed by atoms with Crippen molar-refractivity contribution in [2.75, 3.05) is 24.3 Å². The van der Waals surface area contributed by atoms with Gasteiger partial charge in [0.15, 0.2) is 9.84 Å². The molecule has 0 aliphatic carbocycles. The molecule has 7 nitrogen and oxygen atoms in total. The highest BCUT2D eigenvalue weighted by Gasteiger charge is 2.29. The van der Waals surface area contributed by atoms with E-state index in [1.807, 2.05) is 0 Å². The summed E-state index contributed by atoms with van der Waals surface area (Å²) in [6.07, 6.45) is 0.959. The maximum absolute atomic E-state index is 12.2. The van der Waals surface area contributed by atoms with E-state index in [2.05, 4.69) is 0 Å². The van der Waals surface area contributed by atoms with E-state index < -0.39 is 27.0 Å². The Labute approximate surface area is 122 Å². The molecule has 1 rings (SSSR count). The van der Waals surface area contributed by atoms with E-state index in [0.29, 0.717) is 5.69 Å². The van der Waals surface area contributed by atoms with Crippen molar-refractivity contribution in [1.82, 2.24) is 0 Å².